The molecule has 1 N–H and O–H groups in total. The van der Waals surface area contributed by atoms with E-state index in [1.54, 1.807) is 22.4 Å². The average Bonchev–Trinajstić information content (AvgIpc) is 2.83. The Bertz CT molecular complexity index is 1110. The number of aromatic nitrogens is 2. The van der Waals surface area contributed by atoms with Gasteiger partial charge < -0.3 is 14.6 Å². The highest BCUT2D eigenvalue weighted by atomic mass is 32.2. The van der Waals surface area contributed by atoms with Gasteiger partial charge in [0.2, 0.25) is 0 Å². The zero-order chi connectivity index (χ0) is 22.7. The summed E-state index contributed by atoms with van der Waals surface area (Å²) in [6.07, 6.45) is 3.87. The number of piperazine rings is 1. The molecule has 1 fully saturated rings. The Labute approximate surface area is 193 Å². The number of nitrogens with zero attached hydrogens (tertiary/aromatic N) is 4. The molecule has 0 spiro atoms. The number of aryl methyl sites for hydroxylation is 1. The summed E-state index contributed by atoms with van der Waals surface area (Å²) in [6.45, 7) is 7.56. The van der Waals surface area contributed by atoms with E-state index in [1.165, 1.54) is 4.90 Å². The Morgan fingerprint density at radius 3 is 2.41 bits per heavy atom. The summed E-state index contributed by atoms with van der Waals surface area (Å²) in [7, 11) is 0. The Balaban J connectivity index is 1.72. The standard InChI is InChI=1S/C25H30N4O2S/c1-4-29-18(2)17-21(30)23(25(29)31)24(19-8-10-20(32-3)11-9-19)28-15-13-27(14-16-28)22-7-5-6-12-26-22/h5-12,17,24,30H,4,13-16H2,1-3H3/t24-/m0/s1. The molecule has 7 heteroatoms. The van der Waals surface area contributed by atoms with E-state index in [0.717, 1.165) is 43.3 Å². The first-order chi connectivity index (χ1) is 15.5. The highest BCUT2D eigenvalue weighted by Crippen LogP contribution is 2.34. The van der Waals surface area contributed by atoms with E-state index in [1.807, 2.05) is 38.2 Å². The number of hydrogen-bond acceptors (Lipinski definition) is 6. The van der Waals surface area contributed by atoms with Crippen molar-refractivity contribution < 1.29 is 5.11 Å². The summed E-state index contributed by atoms with van der Waals surface area (Å²) >= 11 is 1.69. The van der Waals surface area contributed by atoms with Gasteiger partial charge in [-0.1, -0.05) is 18.2 Å². The maximum atomic E-state index is 13.5. The molecule has 1 atom stereocenters. The van der Waals surface area contributed by atoms with Crippen molar-refractivity contribution in [3.05, 3.63) is 81.9 Å². The van der Waals surface area contributed by atoms with Gasteiger partial charge in [-0.3, -0.25) is 9.69 Å². The van der Waals surface area contributed by atoms with E-state index < -0.39 is 0 Å². The van der Waals surface area contributed by atoms with E-state index >= 15 is 0 Å². The van der Waals surface area contributed by atoms with Gasteiger partial charge in [-0.25, -0.2) is 4.98 Å². The second-order valence-corrected chi connectivity index (χ2v) is 8.90. The number of rotatable bonds is 6. The second kappa shape index (κ2) is 9.79. The molecule has 0 amide bonds. The van der Waals surface area contributed by atoms with Crippen molar-refractivity contribution in [3.8, 4) is 5.75 Å². The predicted octanol–water partition coefficient (Wildman–Crippen LogP) is 3.91. The topological polar surface area (TPSA) is 61.6 Å². The summed E-state index contributed by atoms with van der Waals surface area (Å²) in [6, 6.07) is 15.7. The highest BCUT2D eigenvalue weighted by molar-refractivity contribution is 7.98. The molecular formula is C25H30N4O2S. The lowest BCUT2D eigenvalue weighted by Gasteiger charge is -2.40. The van der Waals surface area contributed by atoms with Crippen molar-refractivity contribution in [1.82, 2.24) is 14.5 Å². The van der Waals surface area contributed by atoms with Crippen LogP contribution in [0.2, 0.25) is 0 Å². The van der Waals surface area contributed by atoms with Crippen molar-refractivity contribution >= 4 is 17.6 Å². The van der Waals surface area contributed by atoms with Crippen LogP contribution in [0.4, 0.5) is 5.82 Å². The van der Waals surface area contributed by atoms with Crippen molar-refractivity contribution in [2.75, 3.05) is 37.3 Å². The molecule has 1 aliphatic rings. The van der Waals surface area contributed by atoms with E-state index in [0.29, 0.717) is 12.1 Å². The van der Waals surface area contributed by atoms with Crippen LogP contribution in [0.5, 0.6) is 5.75 Å². The number of benzene rings is 1. The van der Waals surface area contributed by atoms with Gasteiger partial charge in [0.05, 0.1) is 11.6 Å². The van der Waals surface area contributed by atoms with Crippen LogP contribution in [0.3, 0.4) is 0 Å². The first kappa shape index (κ1) is 22.4. The van der Waals surface area contributed by atoms with Crippen LogP contribution < -0.4 is 10.5 Å². The lowest BCUT2D eigenvalue weighted by molar-refractivity contribution is 0.207. The molecule has 0 saturated carbocycles. The number of thioether (sulfide) groups is 1. The Hall–Kier alpha value is -2.77. The molecule has 2 aromatic heterocycles. The maximum absolute atomic E-state index is 13.5. The van der Waals surface area contributed by atoms with E-state index in [-0.39, 0.29) is 17.4 Å². The monoisotopic (exact) mass is 450 g/mol. The molecular weight excluding hydrogens is 420 g/mol. The summed E-state index contributed by atoms with van der Waals surface area (Å²) in [5.74, 6) is 1.04. The molecule has 1 saturated heterocycles. The van der Waals surface area contributed by atoms with Crippen molar-refractivity contribution in [3.63, 3.8) is 0 Å². The van der Waals surface area contributed by atoms with Gasteiger partial charge in [0, 0.05) is 49.5 Å². The van der Waals surface area contributed by atoms with E-state index in [4.69, 9.17) is 0 Å². The van der Waals surface area contributed by atoms with Gasteiger partial charge in [-0.2, -0.15) is 0 Å². The molecule has 1 aromatic carbocycles. The zero-order valence-corrected chi connectivity index (χ0v) is 19.7. The van der Waals surface area contributed by atoms with Gasteiger partial charge in [0.25, 0.3) is 5.56 Å². The average molecular weight is 451 g/mol. The molecule has 0 aliphatic carbocycles. The van der Waals surface area contributed by atoms with Gasteiger partial charge in [-0.15, -0.1) is 11.8 Å². The molecule has 4 rings (SSSR count). The minimum Gasteiger partial charge on any atom is -0.507 e. The molecule has 6 nitrogen and oxygen atoms in total. The quantitative estimate of drug-likeness (QED) is 0.575. The molecule has 0 radical (unpaired) electrons. The van der Waals surface area contributed by atoms with E-state index in [9.17, 15) is 9.90 Å². The van der Waals surface area contributed by atoms with Crippen LogP contribution in [0, 0.1) is 6.92 Å². The third-order valence-corrected chi connectivity index (χ3v) is 6.94. The van der Waals surface area contributed by atoms with E-state index in [2.05, 4.69) is 45.3 Å². The van der Waals surface area contributed by atoms with Crippen molar-refractivity contribution in [1.29, 1.82) is 0 Å². The molecule has 1 aliphatic heterocycles. The van der Waals surface area contributed by atoms with Gasteiger partial charge >= 0.3 is 0 Å². The zero-order valence-electron chi connectivity index (χ0n) is 18.9. The largest absolute Gasteiger partial charge is 0.507 e. The van der Waals surface area contributed by atoms with Crippen LogP contribution in [0.1, 0.15) is 29.8 Å². The highest BCUT2D eigenvalue weighted by Gasteiger charge is 2.31. The van der Waals surface area contributed by atoms with Crippen molar-refractivity contribution in [2.45, 2.75) is 31.3 Å². The smallest absolute Gasteiger partial charge is 0.259 e. The van der Waals surface area contributed by atoms with Crippen LogP contribution in [0.25, 0.3) is 0 Å². The predicted molar refractivity (Wildman–Crippen MR) is 131 cm³/mol. The molecule has 0 bridgehead atoms. The van der Waals surface area contributed by atoms with Crippen LogP contribution in [-0.2, 0) is 6.54 Å². The van der Waals surface area contributed by atoms with Crippen molar-refractivity contribution in [2.24, 2.45) is 0 Å². The summed E-state index contributed by atoms with van der Waals surface area (Å²) < 4.78 is 1.74. The summed E-state index contributed by atoms with van der Waals surface area (Å²) in [5.41, 5.74) is 2.14. The molecule has 3 heterocycles. The molecule has 0 unspecified atom stereocenters. The Morgan fingerprint density at radius 2 is 1.81 bits per heavy atom. The third kappa shape index (κ3) is 4.40. The second-order valence-electron chi connectivity index (χ2n) is 8.02. The number of aromatic hydroxyl groups is 1. The fourth-order valence-electron chi connectivity index (χ4n) is 4.51. The normalized spacial score (nSPS) is 15.7. The number of anilines is 1. The molecule has 168 valence electrons. The number of hydrogen-bond donors (Lipinski definition) is 1. The maximum Gasteiger partial charge on any atom is 0.259 e. The molecule has 32 heavy (non-hydrogen) atoms. The first-order valence-corrected chi connectivity index (χ1v) is 12.2. The minimum atomic E-state index is -0.303. The first-order valence-electron chi connectivity index (χ1n) is 11.0. The minimum absolute atomic E-state index is 0.0725. The molecule has 3 aromatic rings. The van der Waals surface area contributed by atoms with Gasteiger partial charge in [-0.05, 0) is 56.0 Å². The Kier molecular flexibility index (Phi) is 6.86. The summed E-state index contributed by atoms with van der Waals surface area (Å²) in [4.78, 5) is 23.7. The SMILES string of the molecule is CCn1c(C)cc(O)c([C@H](c2ccc(SC)cc2)N2CCN(c3ccccn3)CC2)c1=O. The van der Waals surface area contributed by atoms with Crippen LogP contribution in [-0.4, -0.2) is 52.0 Å². The lowest BCUT2D eigenvalue weighted by Crippen LogP contribution is -2.49. The lowest BCUT2D eigenvalue weighted by atomic mass is 9.96. The fourth-order valence-corrected chi connectivity index (χ4v) is 4.92. The third-order valence-electron chi connectivity index (χ3n) is 6.20. The van der Waals surface area contributed by atoms with Gasteiger partial charge in [0.1, 0.15) is 11.6 Å². The van der Waals surface area contributed by atoms with Crippen LogP contribution in [0.15, 0.2) is 64.4 Å². The van der Waals surface area contributed by atoms with Crippen LogP contribution >= 0.6 is 11.8 Å². The van der Waals surface area contributed by atoms with Gasteiger partial charge in [0.15, 0.2) is 0 Å². The Morgan fingerprint density at radius 1 is 1.09 bits per heavy atom. The fraction of sp³-hybridized carbons (Fsp3) is 0.360. The summed E-state index contributed by atoms with van der Waals surface area (Å²) in [5, 5.41) is 10.9. The number of pyridine rings is 2.